The Morgan fingerprint density at radius 2 is 2.00 bits per heavy atom. The Morgan fingerprint density at radius 3 is 2.59 bits per heavy atom. The van der Waals surface area contributed by atoms with Crippen molar-refractivity contribution in [2.45, 2.75) is 76.2 Å². The zero-order valence-electron chi connectivity index (χ0n) is 16.0. The molecule has 1 saturated carbocycles. The molecule has 1 aromatic carbocycles. The zero-order valence-corrected chi connectivity index (χ0v) is 16.0. The minimum absolute atomic E-state index is 0.0598. The van der Waals surface area contributed by atoms with Crippen molar-refractivity contribution in [1.82, 2.24) is 0 Å². The largest absolute Gasteiger partial charge is 0.458 e. The van der Waals surface area contributed by atoms with Gasteiger partial charge in [-0.2, -0.15) is 5.26 Å². The molecule has 3 rings (SSSR count). The van der Waals surface area contributed by atoms with E-state index in [1.165, 1.54) is 6.07 Å². The van der Waals surface area contributed by atoms with Crippen LogP contribution in [0.1, 0.15) is 69.9 Å². The molecule has 5 heteroatoms. The van der Waals surface area contributed by atoms with Gasteiger partial charge in [0.2, 0.25) is 0 Å². The number of hydrogen-bond donors (Lipinski definition) is 0. The minimum Gasteiger partial charge on any atom is -0.458 e. The molecule has 1 saturated heterocycles. The van der Waals surface area contributed by atoms with Gasteiger partial charge in [0, 0.05) is 12.0 Å². The number of carbonyl (C=O) groups excluding carboxylic acids is 2. The third kappa shape index (κ3) is 4.05. The summed E-state index contributed by atoms with van der Waals surface area (Å²) in [5.74, 6) is -0.691. The highest BCUT2D eigenvalue weighted by Gasteiger charge is 2.47. The summed E-state index contributed by atoms with van der Waals surface area (Å²) in [7, 11) is 0. The number of nitriles is 1. The van der Waals surface area contributed by atoms with Crippen molar-refractivity contribution in [3.05, 3.63) is 35.1 Å². The normalized spacial score (nSPS) is 23.9. The van der Waals surface area contributed by atoms with Gasteiger partial charge >= 0.3 is 5.97 Å². The van der Waals surface area contributed by atoms with Crippen LogP contribution in [-0.4, -0.2) is 17.4 Å². The standard InChI is InChI=1S/C22H26FNO3/c1-21(2,14-24)18-8-7-15(11-19(18)23)9-10-22(16-5-3-4-6-16)13-17(25)12-20(26)27-22/h7-8,11,16H,3-6,9-10,12-13H2,1-2H3/t22-/m1/s1. The van der Waals surface area contributed by atoms with Gasteiger partial charge in [0.05, 0.1) is 11.5 Å². The van der Waals surface area contributed by atoms with Crippen molar-refractivity contribution in [2.75, 3.05) is 0 Å². The van der Waals surface area contributed by atoms with Gasteiger partial charge in [0.1, 0.15) is 23.6 Å². The summed E-state index contributed by atoms with van der Waals surface area (Å²) >= 11 is 0. The average Bonchev–Trinajstić information content (AvgIpc) is 3.14. The van der Waals surface area contributed by atoms with E-state index in [-0.39, 0.29) is 24.5 Å². The number of halogens is 1. The fraction of sp³-hybridized carbons (Fsp3) is 0.591. The number of ether oxygens (including phenoxy) is 1. The number of carbonyl (C=O) groups is 2. The third-order valence-electron chi connectivity index (χ3n) is 6.08. The number of Topliss-reactive ketones (excluding diaryl/α,β-unsaturated/α-hetero) is 1. The maximum absolute atomic E-state index is 14.5. The van der Waals surface area contributed by atoms with E-state index in [2.05, 4.69) is 6.07 Å². The lowest BCUT2D eigenvalue weighted by Crippen LogP contribution is -2.48. The van der Waals surface area contributed by atoms with Crippen LogP contribution in [0.4, 0.5) is 4.39 Å². The molecule has 1 heterocycles. The molecule has 4 nitrogen and oxygen atoms in total. The van der Waals surface area contributed by atoms with Gasteiger partial charge in [-0.15, -0.1) is 0 Å². The van der Waals surface area contributed by atoms with Gasteiger partial charge < -0.3 is 4.74 Å². The molecule has 0 radical (unpaired) electrons. The first-order valence-corrected chi connectivity index (χ1v) is 9.69. The molecule has 1 atom stereocenters. The Labute approximate surface area is 159 Å². The number of rotatable bonds is 5. The van der Waals surface area contributed by atoms with Crippen LogP contribution in [0.3, 0.4) is 0 Å². The highest BCUT2D eigenvalue weighted by molar-refractivity contribution is 5.98. The fourth-order valence-corrected chi connectivity index (χ4v) is 4.52. The summed E-state index contributed by atoms with van der Waals surface area (Å²) in [6.45, 7) is 3.38. The number of benzene rings is 1. The second kappa shape index (κ2) is 7.42. The first-order valence-electron chi connectivity index (χ1n) is 9.69. The van der Waals surface area contributed by atoms with Crippen LogP contribution in [-0.2, 0) is 26.2 Å². The van der Waals surface area contributed by atoms with Crippen molar-refractivity contribution in [3.8, 4) is 6.07 Å². The van der Waals surface area contributed by atoms with E-state index < -0.39 is 22.8 Å². The molecule has 0 unspecified atom stereocenters. The Bertz CT molecular complexity index is 771. The van der Waals surface area contributed by atoms with E-state index in [0.717, 1.165) is 31.2 Å². The van der Waals surface area contributed by atoms with Crippen molar-refractivity contribution in [3.63, 3.8) is 0 Å². The summed E-state index contributed by atoms with van der Waals surface area (Å²) in [4.78, 5) is 24.1. The molecule has 1 aromatic rings. The molecule has 1 aliphatic heterocycles. The van der Waals surface area contributed by atoms with Crippen molar-refractivity contribution in [1.29, 1.82) is 5.26 Å². The van der Waals surface area contributed by atoms with Crippen LogP contribution in [0, 0.1) is 23.1 Å². The maximum Gasteiger partial charge on any atom is 0.313 e. The van der Waals surface area contributed by atoms with E-state index in [0.29, 0.717) is 18.4 Å². The van der Waals surface area contributed by atoms with Crippen LogP contribution in [0.25, 0.3) is 0 Å². The molecule has 27 heavy (non-hydrogen) atoms. The van der Waals surface area contributed by atoms with Gasteiger partial charge in [0.25, 0.3) is 0 Å². The topological polar surface area (TPSA) is 67.2 Å². The van der Waals surface area contributed by atoms with Gasteiger partial charge in [0.15, 0.2) is 0 Å². The maximum atomic E-state index is 14.5. The lowest BCUT2D eigenvalue weighted by molar-refractivity contribution is -0.178. The molecule has 0 amide bonds. The Kier molecular flexibility index (Phi) is 5.37. The summed E-state index contributed by atoms with van der Waals surface area (Å²) < 4.78 is 20.3. The van der Waals surface area contributed by atoms with Gasteiger partial charge in [-0.25, -0.2) is 4.39 Å². The zero-order chi connectivity index (χ0) is 19.7. The van der Waals surface area contributed by atoms with Crippen molar-refractivity contribution < 1.29 is 18.7 Å². The van der Waals surface area contributed by atoms with Crippen LogP contribution < -0.4 is 0 Å². The first-order chi connectivity index (χ1) is 12.8. The fourth-order valence-electron chi connectivity index (χ4n) is 4.52. The molecule has 2 fully saturated rings. The van der Waals surface area contributed by atoms with E-state index >= 15 is 0 Å². The van der Waals surface area contributed by atoms with Crippen molar-refractivity contribution in [2.24, 2.45) is 5.92 Å². The number of cyclic esters (lactones) is 1. The summed E-state index contributed by atoms with van der Waals surface area (Å²) in [6, 6.07) is 7.07. The van der Waals surface area contributed by atoms with E-state index in [1.807, 2.05) is 6.07 Å². The molecule has 0 N–H and O–H groups in total. The highest BCUT2D eigenvalue weighted by atomic mass is 19.1. The van der Waals surface area contributed by atoms with E-state index in [9.17, 15) is 19.2 Å². The van der Waals surface area contributed by atoms with E-state index in [4.69, 9.17) is 4.74 Å². The number of aryl methyl sites for hydroxylation is 1. The van der Waals surface area contributed by atoms with Gasteiger partial charge in [-0.3, -0.25) is 9.59 Å². The molecular formula is C22H26FNO3. The number of nitrogens with zero attached hydrogens (tertiary/aromatic N) is 1. The van der Waals surface area contributed by atoms with Crippen molar-refractivity contribution >= 4 is 11.8 Å². The van der Waals surface area contributed by atoms with E-state index in [1.54, 1.807) is 19.9 Å². The third-order valence-corrected chi connectivity index (χ3v) is 6.08. The number of hydrogen-bond acceptors (Lipinski definition) is 4. The molecule has 1 aliphatic carbocycles. The Hall–Kier alpha value is -2.22. The molecular weight excluding hydrogens is 345 g/mol. The average molecular weight is 371 g/mol. The predicted molar refractivity (Wildman–Crippen MR) is 98.4 cm³/mol. The molecule has 2 aliphatic rings. The predicted octanol–water partition coefficient (Wildman–Crippen LogP) is 4.39. The van der Waals surface area contributed by atoms with Gasteiger partial charge in [-0.05, 0) is 57.1 Å². The first kappa shape index (κ1) is 19.5. The molecule has 144 valence electrons. The quantitative estimate of drug-likeness (QED) is 0.568. The Balaban J connectivity index is 1.80. The lowest BCUT2D eigenvalue weighted by atomic mass is 9.76. The monoisotopic (exact) mass is 371 g/mol. The summed E-state index contributed by atoms with van der Waals surface area (Å²) in [6.07, 6.45) is 5.28. The smallest absolute Gasteiger partial charge is 0.313 e. The molecule has 0 bridgehead atoms. The SMILES string of the molecule is CC(C)(C#N)c1ccc(CC[C@]2(C3CCCC3)CC(=O)CC(=O)O2)cc1F. The van der Waals surface area contributed by atoms with Gasteiger partial charge in [-0.1, -0.05) is 25.0 Å². The molecule has 0 spiro atoms. The highest BCUT2D eigenvalue weighted by Crippen LogP contribution is 2.44. The van der Waals surface area contributed by atoms with Crippen LogP contribution in [0.15, 0.2) is 18.2 Å². The molecule has 0 aromatic heterocycles. The van der Waals surface area contributed by atoms with Crippen LogP contribution in [0.2, 0.25) is 0 Å². The van der Waals surface area contributed by atoms with Crippen LogP contribution in [0.5, 0.6) is 0 Å². The lowest BCUT2D eigenvalue weighted by Gasteiger charge is -2.41. The summed E-state index contributed by atoms with van der Waals surface area (Å²) in [5, 5.41) is 9.22. The minimum atomic E-state index is -0.890. The second-order valence-electron chi connectivity index (χ2n) is 8.46. The van der Waals surface area contributed by atoms with Crippen LogP contribution >= 0.6 is 0 Å². The summed E-state index contributed by atoms with van der Waals surface area (Å²) in [5.41, 5.74) is -0.474. The number of esters is 1. The number of ketones is 1. The Morgan fingerprint density at radius 1 is 1.30 bits per heavy atom. The second-order valence-corrected chi connectivity index (χ2v) is 8.46.